The van der Waals surface area contributed by atoms with Crippen LogP contribution in [0.1, 0.15) is 0 Å². The van der Waals surface area contributed by atoms with E-state index in [1.807, 2.05) is 23.5 Å². The Morgan fingerprint density at radius 2 is 1.83 bits per heavy atom. The molecule has 0 unspecified atom stereocenters. The van der Waals surface area contributed by atoms with Crippen LogP contribution in [0.25, 0.3) is 0 Å². The maximum atomic E-state index is 5.00. The van der Waals surface area contributed by atoms with E-state index in [9.17, 15) is 0 Å². The highest BCUT2D eigenvalue weighted by Gasteiger charge is 1.95. The molecule has 1 aliphatic heterocycles. The van der Waals surface area contributed by atoms with E-state index >= 15 is 0 Å². The van der Waals surface area contributed by atoms with E-state index in [0.717, 1.165) is 11.9 Å². The molecule has 0 saturated carbocycles. The van der Waals surface area contributed by atoms with Gasteiger partial charge < -0.3 is 4.74 Å². The molecule has 0 aromatic rings. The summed E-state index contributed by atoms with van der Waals surface area (Å²) in [6.07, 6.45) is 0. The van der Waals surface area contributed by atoms with Crippen LogP contribution in [0.5, 0.6) is 0 Å². The molecule has 1 rings (SSSR count). The highest BCUT2D eigenvalue weighted by molar-refractivity contribution is 8.16. The van der Waals surface area contributed by atoms with Crippen LogP contribution in [0.15, 0.2) is 0 Å². The van der Waals surface area contributed by atoms with E-state index in [4.69, 9.17) is 4.74 Å². The van der Waals surface area contributed by atoms with Gasteiger partial charge in [-0.05, 0) is 0 Å². The molecule has 0 atom stereocenters. The Kier molecular flexibility index (Phi) is 2.22. The van der Waals surface area contributed by atoms with Crippen molar-refractivity contribution in [3.63, 3.8) is 0 Å². The summed E-state index contributed by atoms with van der Waals surface area (Å²) in [6.45, 7) is 0. The Balaban J connectivity index is 2.00. The molecular weight excluding hydrogens is 116 g/mol. The summed E-state index contributed by atoms with van der Waals surface area (Å²) in [6, 6.07) is 0. The second-order valence-electron chi connectivity index (χ2n) is 0.966. The Bertz CT molecular complexity index is 24.3. The first-order valence-electron chi connectivity index (χ1n) is 1.73. The molecule has 0 radical (unpaired) electrons. The normalized spacial score (nSPS) is 24.0. The number of rotatable bonds is 0. The lowest BCUT2D eigenvalue weighted by molar-refractivity contribution is 0.239. The van der Waals surface area contributed by atoms with Crippen molar-refractivity contribution in [3.05, 3.63) is 0 Å². The van der Waals surface area contributed by atoms with Gasteiger partial charge in [0.1, 0.15) is 0 Å². The molecule has 1 heterocycles. The van der Waals surface area contributed by atoms with Crippen LogP contribution in [0.4, 0.5) is 0 Å². The van der Waals surface area contributed by atoms with Crippen molar-refractivity contribution in [1.82, 2.24) is 0 Å². The summed E-state index contributed by atoms with van der Waals surface area (Å²) >= 11 is 3.67. The second kappa shape index (κ2) is 2.77. The van der Waals surface area contributed by atoms with Gasteiger partial charge in [0.2, 0.25) is 0 Å². The van der Waals surface area contributed by atoms with Crippen molar-refractivity contribution < 1.29 is 4.74 Å². The van der Waals surface area contributed by atoms with E-state index in [1.165, 1.54) is 5.08 Å². The first-order chi connectivity index (χ1) is 3.00. The lowest BCUT2D eigenvalue weighted by atomic mass is 11.5. The highest BCUT2D eigenvalue weighted by atomic mass is 32.2. The molecule has 1 nitrogen and oxygen atoms in total. The van der Waals surface area contributed by atoms with E-state index < -0.39 is 0 Å². The summed E-state index contributed by atoms with van der Waals surface area (Å²) in [7, 11) is 0. The van der Waals surface area contributed by atoms with Crippen molar-refractivity contribution in [1.29, 1.82) is 0 Å². The fourth-order valence-corrected chi connectivity index (χ4v) is 1.80. The average Bonchev–Trinajstić information content (AvgIpc) is 1.72. The molecule has 0 aromatic heterocycles. The zero-order valence-corrected chi connectivity index (χ0v) is 4.98. The first kappa shape index (κ1) is 4.81. The monoisotopic (exact) mass is 122 g/mol. The minimum absolute atomic E-state index is 0.896. The van der Waals surface area contributed by atoms with E-state index in [2.05, 4.69) is 0 Å². The molecule has 3 heteroatoms. The molecule has 0 amide bonds. The first-order valence-corrected chi connectivity index (χ1v) is 4.04. The molecule has 0 bridgehead atoms. The van der Waals surface area contributed by atoms with E-state index in [-0.39, 0.29) is 0 Å². The van der Waals surface area contributed by atoms with E-state index in [1.54, 1.807) is 0 Å². The molecule has 0 aliphatic carbocycles. The Labute approximate surface area is 45.8 Å². The number of ether oxygens (including phenoxy) is 1. The van der Waals surface area contributed by atoms with Gasteiger partial charge in [-0.3, -0.25) is 0 Å². The highest BCUT2D eigenvalue weighted by Crippen LogP contribution is 2.17. The fourth-order valence-electron chi connectivity index (χ4n) is 0.279. The SMILES string of the molecule is C1OCSCS1. The topological polar surface area (TPSA) is 9.23 Å². The number of hydrogen-bond acceptors (Lipinski definition) is 3. The van der Waals surface area contributed by atoms with Crippen LogP contribution >= 0.6 is 23.5 Å². The maximum absolute atomic E-state index is 5.00. The van der Waals surface area contributed by atoms with Gasteiger partial charge in [0.05, 0.1) is 11.9 Å². The molecular formula is C3H6OS2. The molecule has 0 aromatic carbocycles. The third kappa shape index (κ3) is 1.41. The van der Waals surface area contributed by atoms with Crippen LogP contribution in [0.2, 0.25) is 0 Å². The van der Waals surface area contributed by atoms with Gasteiger partial charge >= 0.3 is 0 Å². The maximum Gasteiger partial charge on any atom is 0.0940 e. The molecule has 1 aliphatic rings. The molecule has 0 N–H and O–H groups in total. The largest absolute Gasteiger partial charge is 0.360 e. The van der Waals surface area contributed by atoms with Crippen LogP contribution in [-0.4, -0.2) is 17.0 Å². The summed E-state index contributed by atoms with van der Waals surface area (Å²) in [5, 5.41) is 1.21. The third-order valence-corrected chi connectivity index (χ3v) is 2.50. The second-order valence-corrected chi connectivity index (χ2v) is 3.20. The zero-order valence-electron chi connectivity index (χ0n) is 3.35. The molecule has 36 valence electrons. The Morgan fingerprint density at radius 3 is 2.00 bits per heavy atom. The van der Waals surface area contributed by atoms with Crippen molar-refractivity contribution >= 4 is 23.5 Å². The number of hydrogen-bond donors (Lipinski definition) is 0. The quantitative estimate of drug-likeness (QED) is 0.480. The fraction of sp³-hybridized carbons (Fsp3) is 1.00. The van der Waals surface area contributed by atoms with Gasteiger partial charge in [0.15, 0.2) is 0 Å². The third-order valence-electron chi connectivity index (χ3n) is 0.500. The predicted molar refractivity (Wildman–Crippen MR) is 30.9 cm³/mol. The van der Waals surface area contributed by atoms with Gasteiger partial charge in [0.25, 0.3) is 0 Å². The summed E-state index contributed by atoms with van der Waals surface area (Å²) in [4.78, 5) is 0. The van der Waals surface area contributed by atoms with Gasteiger partial charge in [-0.25, -0.2) is 0 Å². The molecule has 6 heavy (non-hydrogen) atoms. The zero-order chi connectivity index (χ0) is 4.24. The van der Waals surface area contributed by atoms with Gasteiger partial charge in [-0.15, -0.1) is 23.5 Å². The van der Waals surface area contributed by atoms with Crippen LogP contribution in [0.3, 0.4) is 0 Å². The number of thioether (sulfide) groups is 2. The molecule has 0 spiro atoms. The molecule has 1 fully saturated rings. The average molecular weight is 122 g/mol. The van der Waals surface area contributed by atoms with Gasteiger partial charge in [0, 0.05) is 5.08 Å². The summed E-state index contributed by atoms with van der Waals surface area (Å²) < 4.78 is 5.00. The van der Waals surface area contributed by atoms with Crippen molar-refractivity contribution in [2.75, 3.05) is 17.0 Å². The van der Waals surface area contributed by atoms with Crippen molar-refractivity contribution in [2.45, 2.75) is 0 Å². The lowest BCUT2D eigenvalue weighted by Crippen LogP contribution is -1.95. The standard InChI is InChI=1S/C3H6OS2/c1-4-2-6-3-5-1/h1-3H2. The predicted octanol–water partition coefficient (Wildman–Crippen LogP) is 1.36. The minimum atomic E-state index is 0.896. The van der Waals surface area contributed by atoms with E-state index in [0.29, 0.717) is 0 Å². The van der Waals surface area contributed by atoms with Gasteiger partial charge in [-0.1, -0.05) is 0 Å². The Morgan fingerprint density at radius 1 is 1.17 bits per heavy atom. The van der Waals surface area contributed by atoms with Crippen LogP contribution in [-0.2, 0) is 4.74 Å². The summed E-state index contributed by atoms with van der Waals surface area (Å²) in [5.41, 5.74) is 0. The van der Waals surface area contributed by atoms with Crippen LogP contribution < -0.4 is 0 Å². The van der Waals surface area contributed by atoms with Crippen molar-refractivity contribution in [3.8, 4) is 0 Å². The minimum Gasteiger partial charge on any atom is -0.360 e. The smallest absolute Gasteiger partial charge is 0.0940 e. The summed E-state index contributed by atoms with van der Waals surface area (Å²) in [5.74, 6) is 1.79. The van der Waals surface area contributed by atoms with Crippen LogP contribution in [0, 0.1) is 0 Å². The van der Waals surface area contributed by atoms with Gasteiger partial charge in [-0.2, -0.15) is 0 Å². The lowest BCUT2D eigenvalue weighted by Gasteiger charge is -2.07. The molecule has 1 saturated heterocycles. The van der Waals surface area contributed by atoms with Crippen molar-refractivity contribution in [2.24, 2.45) is 0 Å². The Hall–Kier alpha value is 0.660.